The van der Waals surface area contributed by atoms with Crippen LogP contribution in [0.4, 0.5) is 16.0 Å². The van der Waals surface area contributed by atoms with E-state index in [4.69, 9.17) is 4.74 Å². The van der Waals surface area contributed by atoms with Crippen LogP contribution in [0.15, 0.2) is 30.6 Å². The lowest BCUT2D eigenvalue weighted by Gasteiger charge is -2.29. The van der Waals surface area contributed by atoms with E-state index >= 15 is 0 Å². The van der Waals surface area contributed by atoms with E-state index in [1.807, 2.05) is 15.7 Å². The molecule has 7 heteroatoms. The van der Waals surface area contributed by atoms with Crippen LogP contribution in [0.3, 0.4) is 0 Å². The van der Waals surface area contributed by atoms with Crippen LogP contribution in [0.1, 0.15) is 29.2 Å². The van der Waals surface area contributed by atoms with Gasteiger partial charge in [0.15, 0.2) is 0 Å². The Labute approximate surface area is 139 Å². The molecule has 1 aromatic carbocycles. The second-order valence-electron chi connectivity index (χ2n) is 6.14. The number of hydrogen-bond acceptors (Lipinski definition) is 4. The standard InChI is InChI=1S/C17H19FN4O2/c18-13-9-12(10-15(11-13)21-5-7-24-8-6-21)16(23)20-17-19-3-4-22(17)14-1-2-14/h3-4,9-11,14H,1-2,5-8H2,(H,19,20,23). The highest BCUT2D eigenvalue weighted by Crippen LogP contribution is 2.36. The second-order valence-corrected chi connectivity index (χ2v) is 6.14. The minimum absolute atomic E-state index is 0.293. The number of ether oxygens (including phenoxy) is 1. The van der Waals surface area contributed by atoms with Crippen molar-refractivity contribution in [2.45, 2.75) is 18.9 Å². The van der Waals surface area contributed by atoms with Gasteiger partial charge < -0.3 is 14.2 Å². The van der Waals surface area contributed by atoms with E-state index in [1.165, 1.54) is 12.1 Å². The minimum atomic E-state index is -0.422. The first-order valence-electron chi connectivity index (χ1n) is 8.18. The van der Waals surface area contributed by atoms with Crippen molar-refractivity contribution in [2.24, 2.45) is 0 Å². The van der Waals surface area contributed by atoms with Crippen molar-refractivity contribution in [1.82, 2.24) is 9.55 Å². The summed E-state index contributed by atoms with van der Waals surface area (Å²) in [5.41, 5.74) is 0.996. The summed E-state index contributed by atoms with van der Waals surface area (Å²) in [6, 6.07) is 4.84. The Kier molecular flexibility index (Phi) is 3.93. The maximum absolute atomic E-state index is 14.0. The van der Waals surface area contributed by atoms with Crippen molar-refractivity contribution in [1.29, 1.82) is 0 Å². The predicted molar refractivity (Wildman–Crippen MR) is 87.9 cm³/mol. The molecule has 2 aromatic rings. The number of amides is 1. The average molecular weight is 330 g/mol. The topological polar surface area (TPSA) is 59.4 Å². The molecular weight excluding hydrogens is 311 g/mol. The number of hydrogen-bond donors (Lipinski definition) is 1. The molecule has 1 aliphatic heterocycles. The van der Waals surface area contributed by atoms with Crippen LogP contribution in [-0.2, 0) is 4.74 Å². The van der Waals surface area contributed by atoms with Crippen LogP contribution < -0.4 is 10.2 Å². The fourth-order valence-electron chi connectivity index (χ4n) is 2.94. The van der Waals surface area contributed by atoms with E-state index in [1.54, 1.807) is 12.3 Å². The number of morpholine rings is 1. The predicted octanol–water partition coefficient (Wildman–Crippen LogP) is 2.45. The molecule has 6 nitrogen and oxygen atoms in total. The molecule has 0 atom stereocenters. The normalized spacial score (nSPS) is 17.8. The van der Waals surface area contributed by atoms with E-state index in [0.29, 0.717) is 49.5 Å². The number of carbonyl (C=O) groups excluding carboxylic acids is 1. The Balaban J connectivity index is 1.55. The fourth-order valence-corrected chi connectivity index (χ4v) is 2.94. The largest absolute Gasteiger partial charge is 0.378 e. The molecule has 0 unspecified atom stereocenters. The zero-order valence-corrected chi connectivity index (χ0v) is 13.2. The van der Waals surface area contributed by atoms with Crippen molar-refractivity contribution in [2.75, 3.05) is 36.5 Å². The summed E-state index contributed by atoms with van der Waals surface area (Å²) < 4.78 is 21.3. The van der Waals surface area contributed by atoms with Crippen LogP contribution in [0, 0.1) is 5.82 Å². The maximum Gasteiger partial charge on any atom is 0.258 e. The zero-order chi connectivity index (χ0) is 16.5. The third-order valence-electron chi connectivity index (χ3n) is 4.36. The summed E-state index contributed by atoms with van der Waals surface area (Å²) >= 11 is 0. The molecule has 0 radical (unpaired) electrons. The highest BCUT2D eigenvalue weighted by atomic mass is 19.1. The zero-order valence-electron chi connectivity index (χ0n) is 13.2. The van der Waals surface area contributed by atoms with Crippen LogP contribution in [-0.4, -0.2) is 41.8 Å². The molecule has 1 aliphatic carbocycles. The molecular formula is C17H19FN4O2. The number of halogens is 1. The number of benzene rings is 1. The first kappa shape index (κ1) is 15.1. The third kappa shape index (κ3) is 3.12. The summed E-state index contributed by atoms with van der Waals surface area (Å²) in [6.45, 7) is 2.60. The molecule has 24 heavy (non-hydrogen) atoms. The lowest BCUT2D eigenvalue weighted by atomic mass is 10.1. The Hall–Kier alpha value is -2.41. The molecule has 1 saturated carbocycles. The average Bonchev–Trinajstić information content (AvgIpc) is 3.34. The summed E-state index contributed by atoms with van der Waals surface area (Å²) in [7, 11) is 0. The Morgan fingerprint density at radius 1 is 1.25 bits per heavy atom. The van der Waals surface area contributed by atoms with Crippen molar-refractivity contribution in [3.63, 3.8) is 0 Å². The highest BCUT2D eigenvalue weighted by molar-refractivity contribution is 6.04. The molecule has 1 N–H and O–H groups in total. The highest BCUT2D eigenvalue weighted by Gasteiger charge is 2.26. The summed E-state index contributed by atoms with van der Waals surface area (Å²) in [6.07, 6.45) is 5.72. The van der Waals surface area contributed by atoms with Gasteiger partial charge in [0, 0.05) is 42.8 Å². The lowest BCUT2D eigenvalue weighted by Crippen LogP contribution is -2.36. The molecule has 2 aliphatic rings. The molecule has 126 valence electrons. The number of rotatable bonds is 4. The van der Waals surface area contributed by atoms with Gasteiger partial charge >= 0.3 is 0 Å². The Morgan fingerprint density at radius 3 is 2.79 bits per heavy atom. The van der Waals surface area contributed by atoms with Gasteiger partial charge in [0.2, 0.25) is 5.95 Å². The van der Waals surface area contributed by atoms with E-state index < -0.39 is 5.82 Å². The van der Waals surface area contributed by atoms with Crippen molar-refractivity contribution in [3.8, 4) is 0 Å². The van der Waals surface area contributed by atoms with Gasteiger partial charge in [-0.15, -0.1) is 0 Å². The molecule has 0 bridgehead atoms. The molecule has 1 saturated heterocycles. The molecule has 1 aromatic heterocycles. The number of imidazole rings is 1. The van der Waals surface area contributed by atoms with Gasteiger partial charge in [-0.2, -0.15) is 0 Å². The quantitative estimate of drug-likeness (QED) is 0.935. The maximum atomic E-state index is 14.0. The molecule has 0 spiro atoms. The van der Waals surface area contributed by atoms with Gasteiger partial charge in [0.25, 0.3) is 5.91 Å². The van der Waals surface area contributed by atoms with Crippen molar-refractivity contribution < 1.29 is 13.9 Å². The van der Waals surface area contributed by atoms with Gasteiger partial charge in [0.05, 0.1) is 13.2 Å². The lowest BCUT2D eigenvalue weighted by molar-refractivity contribution is 0.102. The number of nitrogens with zero attached hydrogens (tertiary/aromatic N) is 3. The molecule has 1 amide bonds. The number of nitrogens with one attached hydrogen (secondary N) is 1. The molecule has 2 heterocycles. The summed E-state index contributed by atoms with van der Waals surface area (Å²) in [5, 5.41) is 2.79. The summed E-state index contributed by atoms with van der Waals surface area (Å²) in [4.78, 5) is 18.7. The van der Waals surface area contributed by atoms with Crippen molar-refractivity contribution >= 4 is 17.5 Å². The second kappa shape index (κ2) is 6.24. The molecule has 2 fully saturated rings. The van der Waals surface area contributed by atoms with Gasteiger partial charge in [-0.1, -0.05) is 0 Å². The van der Waals surface area contributed by atoms with E-state index in [2.05, 4.69) is 10.3 Å². The van der Waals surface area contributed by atoms with Gasteiger partial charge in [-0.05, 0) is 31.0 Å². The van der Waals surface area contributed by atoms with Gasteiger partial charge in [0.1, 0.15) is 5.82 Å². The minimum Gasteiger partial charge on any atom is -0.378 e. The monoisotopic (exact) mass is 330 g/mol. The number of carbonyl (C=O) groups is 1. The third-order valence-corrected chi connectivity index (χ3v) is 4.36. The first-order chi connectivity index (χ1) is 11.7. The Morgan fingerprint density at radius 2 is 2.04 bits per heavy atom. The number of anilines is 2. The summed E-state index contributed by atoms with van der Waals surface area (Å²) in [5.74, 6) is -0.258. The van der Waals surface area contributed by atoms with Crippen molar-refractivity contribution in [3.05, 3.63) is 42.0 Å². The van der Waals surface area contributed by atoms with E-state index in [0.717, 1.165) is 12.8 Å². The van der Waals surface area contributed by atoms with Crippen LogP contribution in [0.25, 0.3) is 0 Å². The number of aromatic nitrogens is 2. The smallest absolute Gasteiger partial charge is 0.258 e. The van der Waals surface area contributed by atoms with E-state index in [9.17, 15) is 9.18 Å². The van der Waals surface area contributed by atoms with Crippen LogP contribution >= 0.6 is 0 Å². The first-order valence-corrected chi connectivity index (χ1v) is 8.18. The van der Waals surface area contributed by atoms with Gasteiger partial charge in [-0.25, -0.2) is 9.37 Å². The SMILES string of the molecule is O=C(Nc1nccn1C1CC1)c1cc(F)cc(N2CCOCC2)c1. The van der Waals surface area contributed by atoms with Gasteiger partial charge in [-0.3, -0.25) is 10.1 Å². The van der Waals surface area contributed by atoms with Crippen LogP contribution in [0.2, 0.25) is 0 Å². The molecule has 4 rings (SSSR count). The fraction of sp³-hybridized carbons (Fsp3) is 0.412. The van der Waals surface area contributed by atoms with Crippen LogP contribution in [0.5, 0.6) is 0 Å². The van der Waals surface area contributed by atoms with E-state index in [-0.39, 0.29) is 5.91 Å². The Bertz CT molecular complexity index is 751.